The molecular formula is C14H19ClN4OS. The van der Waals surface area contributed by atoms with Crippen molar-refractivity contribution >= 4 is 23.4 Å². The van der Waals surface area contributed by atoms with Gasteiger partial charge in [-0.25, -0.2) is 0 Å². The molecule has 5 nitrogen and oxygen atoms in total. The van der Waals surface area contributed by atoms with Gasteiger partial charge in [-0.05, 0) is 24.6 Å². The average Bonchev–Trinajstić information content (AvgIpc) is 2.86. The number of aromatic nitrogens is 3. The van der Waals surface area contributed by atoms with Gasteiger partial charge in [0.15, 0.2) is 5.16 Å². The number of rotatable bonds is 8. The van der Waals surface area contributed by atoms with E-state index in [1.165, 1.54) is 0 Å². The zero-order valence-electron chi connectivity index (χ0n) is 12.0. The van der Waals surface area contributed by atoms with Crippen LogP contribution in [0, 0.1) is 0 Å². The Bertz CT molecular complexity index is 576. The second-order valence-corrected chi connectivity index (χ2v) is 5.91. The SMILES string of the molecule is CCCn1c(CN)nnc1SCCOc1cccc(Cl)c1. The molecule has 0 radical (unpaired) electrons. The largest absolute Gasteiger partial charge is 0.493 e. The highest BCUT2D eigenvalue weighted by Gasteiger charge is 2.10. The van der Waals surface area contributed by atoms with E-state index < -0.39 is 0 Å². The zero-order chi connectivity index (χ0) is 15.1. The van der Waals surface area contributed by atoms with Crippen LogP contribution in [0.4, 0.5) is 0 Å². The number of nitrogens with two attached hydrogens (primary N) is 1. The highest BCUT2D eigenvalue weighted by atomic mass is 35.5. The minimum absolute atomic E-state index is 0.409. The summed E-state index contributed by atoms with van der Waals surface area (Å²) in [6.07, 6.45) is 1.03. The third-order valence-corrected chi connectivity index (χ3v) is 3.97. The second kappa shape index (κ2) is 8.26. The van der Waals surface area contributed by atoms with Crippen LogP contribution in [0.3, 0.4) is 0 Å². The molecule has 0 aliphatic carbocycles. The molecule has 0 saturated carbocycles. The Kier molecular flexibility index (Phi) is 6.35. The van der Waals surface area contributed by atoms with Gasteiger partial charge in [-0.2, -0.15) is 0 Å². The van der Waals surface area contributed by atoms with Gasteiger partial charge in [-0.15, -0.1) is 10.2 Å². The minimum atomic E-state index is 0.409. The van der Waals surface area contributed by atoms with Crippen molar-refractivity contribution in [2.75, 3.05) is 12.4 Å². The van der Waals surface area contributed by atoms with Crippen LogP contribution in [0.2, 0.25) is 5.02 Å². The summed E-state index contributed by atoms with van der Waals surface area (Å²) in [6, 6.07) is 7.39. The van der Waals surface area contributed by atoms with Crippen molar-refractivity contribution in [2.24, 2.45) is 5.73 Å². The normalized spacial score (nSPS) is 10.8. The standard InChI is InChI=1S/C14H19ClN4OS/c1-2-6-19-13(10-16)17-18-14(19)21-8-7-20-12-5-3-4-11(15)9-12/h3-5,9H,2,6-8,10,16H2,1H3. The Morgan fingerprint density at radius 2 is 2.24 bits per heavy atom. The van der Waals surface area contributed by atoms with E-state index in [0.717, 1.165) is 35.4 Å². The van der Waals surface area contributed by atoms with Gasteiger partial charge in [0.2, 0.25) is 0 Å². The number of ether oxygens (including phenoxy) is 1. The van der Waals surface area contributed by atoms with Gasteiger partial charge < -0.3 is 15.0 Å². The molecule has 0 saturated heterocycles. The van der Waals surface area contributed by atoms with E-state index >= 15 is 0 Å². The van der Waals surface area contributed by atoms with Crippen LogP contribution < -0.4 is 10.5 Å². The minimum Gasteiger partial charge on any atom is -0.493 e. The second-order valence-electron chi connectivity index (χ2n) is 4.41. The average molecular weight is 327 g/mol. The van der Waals surface area contributed by atoms with Crippen LogP contribution in [-0.4, -0.2) is 27.1 Å². The van der Waals surface area contributed by atoms with Crippen molar-refractivity contribution in [3.8, 4) is 5.75 Å². The Labute approximate surface area is 133 Å². The molecule has 0 bridgehead atoms. The summed E-state index contributed by atoms with van der Waals surface area (Å²) in [6.45, 7) is 4.00. The molecule has 21 heavy (non-hydrogen) atoms. The summed E-state index contributed by atoms with van der Waals surface area (Å²) in [4.78, 5) is 0. The first-order chi connectivity index (χ1) is 10.2. The summed E-state index contributed by atoms with van der Waals surface area (Å²) < 4.78 is 7.73. The summed E-state index contributed by atoms with van der Waals surface area (Å²) in [5, 5.41) is 9.87. The molecule has 0 aliphatic heterocycles. The first-order valence-electron chi connectivity index (χ1n) is 6.88. The fourth-order valence-electron chi connectivity index (χ4n) is 1.87. The molecule has 1 aromatic heterocycles. The van der Waals surface area contributed by atoms with Crippen molar-refractivity contribution in [1.82, 2.24) is 14.8 Å². The quantitative estimate of drug-likeness (QED) is 0.596. The number of thioether (sulfide) groups is 1. The van der Waals surface area contributed by atoms with Crippen molar-refractivity contribution in [2.45, 2.75) is 31.6 Å². The first-order valence-corrected chi connectivity index (χ1v) is 8.24. The number of hydrogen-bond donors (Lipinski definition) is 1. The van der Waals surface area contributed by atoms with Gasteiger partial charge >= 0.3 is 0 Å². The van der Waals surface area contributed by atoms with E-state index in [1.54, 1.807) is 17.8 Å². The molecule has 0 aliphatic rings. The lowest BCUT2D eigenvalue weighted by Crippen LogP contribution is -2.09. The lowest BCUT2D eigenvalue weighted by molar-refractivity contribution is 0.344. The lowest BCUT2D eigenvalue weighted by atomic mass is 10.3. The molecule has 2 aromatic rings. The molecule has 0 unspecified atom stereocenters. The highest BCUT2D eigenvalue weighted by molar-refractivity contribution is 7.99. The summed E-state index contributed by atoms with van der Waals surface area (Å²) in [7, 11) is 0. The van der Waals surface area contributed by atoms with Gasteiger partial charge in [-0.3, -0.25) is 0 Å². The van der Waals surface area contributed by atoms with Crippen LogP contribution in [0.5, 0.6) is 5.75 Å². The molecule has 7 heteroatoms. The fraction of sp³-hybridized carbons (Fsp3) is 0.429. The van der Waals surface area contributed by atoms with Gasteiger partial charge in [-0.1, -0.05) is 36.4 Å². The number of halogens is 1. The van der Waals surface area contributed by atoms with Crippen molar-refractivity contribution in [3.05, 3.63) is 35.1 Å². The van der Waals surface area contributed by atoms with E-state index in [0.29, 0.717) is 18.2 Å². The van der Waals surface area contributed by atoms with Gasteiger partial charge in [0.25, 0.3) is 0 Å². The van der Waals surface area contributed by atoms with Crippen LogP contribution in [0.25, 0.3) is 0 Å². The predicted octanol–water partition coefficient (Wildman–Crippen LogP) is 2.97. The van der Waals surface area contributed by atoms with Crippen LogP contribution in [0.15, 0.2) is 29.4 Å². The molecule has 1 heterocycles. The van der Waals surface area contributed by atoms with E-state index in [9.17, 15) is 0 Å². The third-order valence-electron chi connectivity index (χ3n) is 2.80. The van der Waals surface area contributed by atoms with E-state index in [4.69, 9.17) is 22.1 Å². The van der Waals surface area contributed by atoms with E-state index in [-0.39, 0.29) is 0 Å². The first kappa shape index (κ1) is 16.1. The third kappa shape index (κ3) is 4.62. The van der Waals surface area contributed by atoms with Crippen molar-refractivity contribution < 1.29 is 4.74 Å². The Balaban J connectivity index is 1.84. The summed E-state index contributed by atoms with van der Waals surface area (Å²) >= 11 is 7.53. The maximum atomic E-state index is 5.91. The van der Waals surface area contributed by atoms with Gasteiger partial charge in [0.1, 0.15) is 11.6 Å². The number of nitrogens with zero attached hydrogens (tertiary/aromatic N) is 3. The summed E-state index contributed by atoms with van der Waals surface area (Å²) in [5.74, 6) is 2.40. The molecular weight excluding hydrogens is 308 g/mol. The molecule has 114 valence electrons. The topological polar surface area (TPSA) is 66.0 Å². The maximum absolute atomic E-state index is 5.91. The molecule has 0 atom stereocenters. The number of hydrogen-bond acceptors (Lipinski definition) is 5. The molecule has 2 N–H and O–H groups in total. The Morgan fingerprint density at radius 1 is 1.38 bits per heavy atom. The van der Waals surface area contributed by atoms with Gasteiger partial charge in [0.05, 0.1) is 13.2 Å². The smallest absolute Gasteiger partial charge is 0.191 e. The molecule has 0 fully saturated rings. The van der Waals surface area contributed by atoms with E-state index in [2.05, 4.69) is 21.7 Å². The lowest BCUT2D eigenvalue weighted by Gasteiger charge is -2.08. The van der Waals surface area contributed by atoms with Crippen molar-refractivity contribution in [3.63, 3.8) is 0 Å². The van der Waals surface area contributed by atoms with Crippen LogP contribution in [0.1, 0.15) is 19.2 Å². The molecule has 2 rings (SSSR count). The molecule has 0 amide bonds. The maximum Gasteiger partial charge on any atom is 0.191 e. The predicted molar refractivity (Wildman–Crippen MR) is 85.9 cm³/mol. The Hall–Kier alpha value is -1.24. The fourth-order valence-corrected chi connectivity index (χ4v) is 2.85. The van der Waals surface area contributed by atoms with Crippen molar-refractivity contribution in [1.29, 1.82) is 0 Å². The highest BCUT2D eigenvalue weighted by Crippen LogP contribution is 2.20. The van der Waals surface area contributed by atoms with E-state index in [1.807, 2.05) is 18.2 Å². The Morgan fingerprint density at radius 3 is 2.95 bits per heavy atom. The molecule has 0 spiro atoms. The zero-order valence-corrected chi connectivity index (χ0v) is 13.5. The molecule has 1 aromatic carbocycles. The number of benzene rings is 1. The summed E-state index contributed by atoms with van der Waals surface area (Å²) in [5.41, 5.74) is 5.67. The monoisotopic (exact) mass is 326 g/mol. The van der Waals surface area contributed by atoms with Gasteiger partial charge in [0, 0.05) is 17.3 Å². The van der Waals surface area contributed by atoms with Crippen LogP contribution >= 0.6 is 23.4 Å². The van der Waals surface area contributed by atoms with Crippen LogP contribution in [-0.2, 0) is 13.1 Å².